The molecule has 0 aliphatic carbocycles. The largest absolute Gasteiger partial charge is 0.497 e. The average Bonchev–Trinajstić information content (AvgIpc) is 3.05. The number of amides is 2. The van der Waals surface area contributed by atoms with Crippen molar-refractivity contribution in [1.29, 1.82) is 0 Å². The van der Waals surface area contributed by atoms with E-state index in [4.69, 9.17) is 9.57 Å². The first-order chi connectivity index (χ1) is 13.9. The topological polar surface area (TPSA) is 84.3 Å². The minimum atomic E-state index is -0.936. The number of carbonyl (C=O) groups excluding carboxylic acids is 1. The summed E-state index contributed by atoms with van der Waals surface area (Å²) in [6.07, 6.45) is 0. The van der Waals surface area contributed by atoms with Crippen LogP contribution in [-0.2, 0) is 4.84 Å². The van der Waals surface area contributed by atoms with Crippen LogP contribution < -0.4 is 15.4 Å². The van der Waals surface area contributed by atoms with Gasteiger partial charge >= 0.3 is 6.03 Å². The first-order valence-electron chi connectivity index (χ1n) is 8.46. The van der Waals surface area contributed by atoms with Crippen molar-refractivity contribution in [2.45, 2.75) is 5.92 Å². The highest BCUT2D eigenvalue weighted by atomic mass is 19.1. The van der Waals surface area contributed by atoms with Crippen molar-refractivity contribution < 1.29 is 27.5 Å². The molecule has 3 rings (SSSR count). The number of nitrogens with zero attached hydrogens (tertiary/aromatic N) is 2. The molecule has 1 atom stereocenters. The van der Waals surface area contributed by atoms with Gasteiger partial charge in [0, 0.05) is 29.9 Å². The number of methoxy groups -OCH3 is 1. The van der Waals surface area contributed by atoms with Crippen LogP contribution >= 0.6 is 0 Å². The molecule has 7 nitrogen and oxygen atoms in total. The molecule has 0 bridgehead atoms. The Morgan fingerprint density at radius 2 is 1.79 bits per heavy atom. The molecule has 2 N–H and O–H groups in total. The summed E-state index contributed by atoms with van der Waals surface area (Å²) in [7, 11) is 2.58. The fourth-order valence-electron chi connectivity index (χ4n) is 2.90. The maximum Gasteiger partial charge on any atom is 0.345 e. The van der Waals surface area contributed by atoms with Crippen molar-refractivity contribution in [2.24, 2.45) is 10.1 Å². The van der Waals surface area contributed by atoms with Gasteiger partial charge in [-0.2, -0.15) is 4.99 Å². The van der Waals surface area contributed by atoms with Gasteiger partial charge in [-0.25, -0.2) is 18.0 Å². The van der Waals surface area contributed by atoms with Gasteiger partial charge in [0.25, 0.3) is 0 Å². The predicted molar refractivity (Wildman–Crippen MR) is 101 cm³/mol. The Hall–Kier alpha value is -3.56. The van der Waals surface area contributed by atoms with Crippen LogP contribution in [0, 0.1) is 17.5 Å². The van der Waals surface area contributed by atoms with Crippen molar-refractivity contribution in [3.8, 4) is 5.75 Å². The normalized spacial score (nSPS) is 18.6. The monoisotopic (exact) mass is 406 g/mol. The maximum atomic E-state index is 14.5. The number of ether oxygens (including phenoxy) is 1. The number of aliphatic imine (C=N–C) groups is 1. The zero-order valence-electron chi connectivity index (χ0n) is 15.5. The van der Waals surface area contributed by atoms with Crippen molar-refractivity contribution in [3.63, 3.8) is 0 Å². The lowest BCUT2D eigenvalue weighted by Gasteiger charge is -2.13. The van der Waals surface area contributed by atoms with Gasteiger partial charge in [0.1, 0.15) is 36.0 Å². The number of carbonyl (C=O) groups is 1. The lowest BCUT2D eigenvalue weighted by atomic mass is 9.95. The molecule has 0 saturated carbocycles. The summed E-state index contributed by atoms with van der Waals surface area (Å²) in [5.41, 5.74) is 0.0117. The number of urea groups is 1. The third-order valence-corrected chi connectivity index (χ3v) is 4.18. The van der Waals surface area contributed by atoms with E-state index in [9.17, 15) is 18.0 Å². The van der Waals surface area contributed by atoms with Gasteiger partial charge in [0.2, 0.25) is 0 Å². The van der Waals surface area contributed by atoms with Crippen LogP contribution in [-0.4, -0.2) is 38.3 Å². The second-order valence-electron chi connectivity index (χ2n) is 5.99. The zero-order valence-corrected chi connectivity index (χ0v) is 15.5. The van der Waals surface area contributed by atoms with E-state index in [1.165, 1.54) is 38.5 Å². The van der Waals surface area contributed by atoms with Gasteiger partial charge in [-0.15, -0.1) is 0 Å². The Labute approximate surface area is 164 Å². The molecule has 0 radical (unpaired) electrons. The van der Waals surface area contributed by atoms with Gasteiger partial charge in [-0.3, -0.25) is 0 Å². The van der Waals surface area contributed by atoms with E-state index in [1.54, 1.807) is 0 Å². The van der Waals surface area contributed by atoms with Gasteiger partial charge in [0.05, 0.1) is 13.0 Å². The van der Waals surface area contributed by atoms with Crippen LogP contribution in [0.25, 0.3) is 0 Å². The van der Waals surface area contributed by atoms with Gasteiger partial charge in [0.15, 0.2) is 5.84 Å². The molecule has 1 saturated heterocycles. The number of halogens is 3. The second kappa shape index (κ2) is 8.63. The molecule has 0 spiro atoms. The molecule has 0 aromatic heterocycles. The maximum absolute atomic E-state index is 14.5. The fourth-order valence-corrected chi connectivity index (χ4v) is 2.90. The summed E-state index contributed by atoms with van der Waals surface area (Å²) in [4.78, 5) is 21.0. The standard InChI is InChI=1S/C19H17F3N4O3/c1-28-12-7-14(21)16(15(22)8-12)13-9-23-18(26-29-2)17(13)25-19(27)24-11-5-3-10(20)4-6-11/h3-8,13H,9H2,1-2H3,(H,23,26)(H,24,27)/b25-17+/t13-/m0/s1. The van der Waals surface area contributed by atoms with Crippen LogP contribution in [0.2, 0.25) is 0 Å². The zero-order chi connectivity index (χ0) is 21.0. The van der Waals surface area contributed by atoms with Gasteiger partial charge < -0.3 is 20.2 Å². The van der Waals surface area contributed by atoms with Gasteiger partial charge in [-0.05, 0) is 24.3 Å². The molecule has 2 amide bonds. The Morgan fingerprint density at radius 1 is 1.14 bits per heavy atom. The Balaban J connectivity index is 1.95. The molecular weight excluding hydrogens is 389 g/mol. The van der Waals surface area contributed by atoms with Crippen LogP contribution in [0.4, 0.5) is 23.7 Å². The molecule has 2 aromatic rings. The first-order valence-corrected chi connectivity index (χ1v) is 8.46. The highest BCUT2D eigenvalue weighted by Gasteiger charge is 2.35. The van der Waals surface area contributed by atoms with E-state index in [2.05, 4.69) is 20.8 Å². The molecule has 2 aromatic carbocycles. The molecule has 152 valence electrons. The fraction of sp³-hybridized carbons (Fsp3) is 0.211. The highest BCUT2D eigenvalue weighted by molar-refractivity contribution is 6.46. The van der Waals surface area contributed by atoms with E-state index in [1.807, 2.05) is 0 Å². The number of hydrogen-bond donors (Lipinski definition) is 2. The minimum absolute atomic E-state index is 0.00516. The highest BCUT2D eigenvalue weighted by Crippen LogP contribution is 2.30. The van der Waals surface area contributed by atoms with Crippen LogP contribution in [0.3, 0.4) is 0 Å². The summed E-state index contributed by atoms with van der Waals surface area (Å²) >= 11 is 0. The van der Waals surface area contributed by atoms with Crippen LogP contribution in [0.15, 0.2) is 46.5 Å². The second-order valence-corrected chi connectivity index (χ2v) is 5.99. The predicted octanol–water partition coefficient (Wildman–Crippen LogP) is 3.43. The van der Waals surface area contributed by atoms with E-state index in [0.717, 1.165) is 12.1 Å². The number of hydrogen-bond acceptors (Lipinski definition) is 4. The Bertz CT molecular complexity index is 954. The molecule has 10 heteroatoms. The van der Waals surface area contributed by atoms with Gasteiger partial charge in [-0.1, -0.05) is 5.16 Å². The third-order valence-electron chi connectivity index (χ3n) is 4.18. The lowest BCUT2D eigenvalue weighted by molar-refractivity contribution is 0.213. The summed E-state index contributed by atoms with van der Waals surface area (Å²) in [6.45, 7) is 0.0467. The van der Waals surface area contributed by atoms with Crippen molar-refractivity contribution >= 4 is 23.3 Å². The van der Waals surface area contributed by atoms with Crippen molar-refractivity contribution in [2.75, 3.05) is 26.1 Å². The quantitative estimate of drug-likeness (QED) is 0.762. The molecule has 1 aliphatic rings. The minimum Gasteiger partial charge on any atom is -0.497 e. The summed E-state index contributed by atoms with van der Waals surface area (Å²) in [6, 6.07) is 6.30. The lowest BCUT2D eigenvalue weighted by Crippen LogP contribution is -2.23. The molecule has 29 heavy (non-hydrogen) atoms. The average molecular weight is 406 g/mol. The number of rotatable bonds is 4. The number of benzene rings is 2. The molecule has 1 heterocycles. The van der Waals surface area contributed by atoms with E-state index < -0.39 is 29.4 Å². The number of oxime groups is 1. The Morgan fingerprint density at radius 3 is 2.38 bits per heavy atom. The van der Waals surface area contributed by atoms with E-state index in [-0.39, 0.29) is 29.4 Å². The SMILES string of the molecule is CO/N=C1\NC[C@@H](c2c(F)cc(OC)cc2F)\C1=N/C(=O)Nc1ccc(F)cc1. The third kappa shape index (κ3) is 4.48. The van der Waals surface area contributed by atoms with Crippen molar-refractivity contribution in [3.05, 3.63) is 59.4 Å². The van der Waals surface area contributed by atoms with Crippen LogP contribution in [0.5, 0.6) is 5.75 Å². The molecule has 0 unspecified atom stereocenters. The summed E-state index contributed by atoms with van der Waals surface area (Å²) in [5.74, 6) is -3.00. The van der Waals surface area contributed by atoms with Crippen LogP contribution in [0.1, 0.15) is 11.5 Å². The summed E-state index contributed by atoms with van der Waals surface area (Å²) < 4.78 is 47.0. The number of nitrogens with one attached hydrogen (secondary N) is 2. The number of amidine groups is 1. The summed E-state index contributed by atoms with van der Waals surface area (Å²) in [5, 5.41) is 8.99. The molecule has 1 fully saturated rings. The van der Waals surface area contributed by atoms with E-state index in [0.29, 0.717) is 5.69 Å². The number of anilines is 1. The van der Waals surface area contributed by atoms with E-state index >= 15 is 0 Å². The Kier molecular flexibility index (Phi) is 6.01. The first kappa shape index (κ1) is 20.2. The molecule has 1 aliphatic heterocycles. The molecular formula is C19H17F3N4O3. The smallest absolute Gasteiger partial charge is 0.345 e. The van der Waals surface area contributed by atoms with Crippen molar-refractivity contribution in [1.82, 2.24) is 5.32 Å².